The molecule has 0 aromatic carbocycles. The Balaban J connectivity index is 2.08. The largest absolute Gasteiger partial charge is 0.364 e. The van der Waals surface area contributed by atoms with Gasteiger partial charge in [-0.2, -0.15) is 0 Å². The molecule has 1 saturated heterocycles. The molecule has 1 aromatic heterocycles. The highest BCUT2D eigenvalue weighted by Gasteiger charge is 2.41. The van der Waals surface area contributed by atoms with Crippen LogP contribution in [0.2, 0.25) is 0 Å². The molecule has 1 fully saturated rings. The third-order valence-electron chi connectivity index (χ3n) is 3.33. The maximum Gasteiger partial charge on any atom is 0.259 e. The second-order valence-corrected chi connectivity index (χ2v) is 5.17. The first-order valence-electron chi connectivity index (χ1n) is 6.23. The van der Waals surface area contributed by atoms with Crippen molar-refractivity contribution in [3.05, 3.63) is 33.7 Å². The van der Waals surface area contributed by atoms with Crippen LogP contribution in [0, 0.1) is 6.92 Å². The molecule has 0 saturated carbocycles. The van der Waals surface area contributed by atoms with Crippen molar-refractivity contribution in [2.75, 3.05) is 13.1 Å². The number of nitrogens with one attached hydrogen (secondary N) is 1. The second kappa shape index (κ2) is 4.57. The van der Waals surface area contributed by atoms with Gasteiger partial charge in [-0.3, -0.25) is 9.59 Å². The number of H-pyrrole nitrogens is 1. The summed E-state index contributed by atoms with van der Waals surface area (Å²) < 4.78 is 0. The standard InChI is InChI=1S/C13H19N3O2/c1-3-4-13(14)7-16(8-13)12(18)10-6-15-9(2)5-11(10)17/h5-6H,3-4,7-8,14H2,1-2H3,(H,15,17). The molecule has 3 N–H and O–H groups in total. The van der Waals surface area contributed by atoms with Gasteiger partial charge in [0.15, 0.2) is 5.43 Å². The van der Waals surface area contributed by atoms with Gasteiger partial charge >= 0.3 is 0 Å². The van der Waals surface area contributed by atoms with Crippen molar-refractivity contribution in [3.8, 4) is 0 Å². The van der Waals surface area contributed by atoms with Gasteiger partial charge in [-0.25, -0.2) is 0 Å². The molecule has 5 nitrogen and oxygen atoms in total. The number of nitrogens with two attached hydrogens (primary N) is 1. The summed E-state index contributed by atoms with van der Waals surface area (Å²) >= 11 is 0. The van der Waals surface area contributed by atoms with E-state index in [1.54, 1.807) is 11.8 Å². The van der Waals surface area contributed by atoms with E-state index < -0.39 is 0 Å². The van der Waals surface area contributed by atoms with Crippen LogP contribution < -0.4 is 11.2 Å². The molecule has 0 aliphatic carbocycles. The minimum absolute atomic E-state index is 0.194. The molecule has 1 aromatic rings. The molecule has 0 radical (unpaired) electrons. The summed E-state index contributed by atoms with van der Waals surface area (Å²) in [4.78, 5) is 28.3. The van der Waals surface area contributed by atoms with Crippen molar-refractivity contribution < 1.29 is 4.79 Å². The second-order valence-electron chi connectivity index (χ2n) is 5.17. The predicted octanol–water partition coefficient (Wildman–Crippen LogP) is 0.637. The number of hydrogen-bond donors (Lipinski definition) is 2. The summed E-state index contributed by atoms with van der Waals surface area (Å²) in [7, 11) is 0. The maximum atomic E-state index is 12.1. The normalized spacial score (nSPS) is 17.4. The number of amides is 1. The fraction of sp³-hybridized carbons (Fsp3) is 0.538. The summed E-state index contributed by atoms with van der Waals surface area (Å²) in [6.07, 6.45) is 3.39. The van der Waals surface area contributed by atoms with Gasteiger partial charge in [-0.05, 0) is 13.3 Å². The number of aromatic amines is 1. The average molecular weight is 249 g/mol. The molecular formula is C13H19N3O2. The van der Waals surface area contributed by atoms with Gasteiger partial charge in [0.05, 0.1) is 5.54 Å². The Labute approximate surface area is 106 Å². The number of aromatic nitrogens is 1. The van der Waals surface area contributed by atoms with Crippen LogP contribution in [0.4, 0.5) is 0 Å². The third-order valence-corrected chi connectivity index (χ3v) is 3.33. The Hall–Kier alpha value is -1.62. The van der Waals surface area contributed by atoms with Gasteiger partial charge < -0.3 is 15.6 Å². The van der Waals surface area contributed by atoms with Crippen LogP contribution in [0.15, 0.2) is 17.1 Å². The molecule has 1 amide bonds. The Morgan fingerprint density at radius 1 is 1.56 bits per heavy atom. The van der Waals surface area contributed by atoms with Crippen LogP contribution in [0.1, 0.15) is 35.8 Å². The molecule has 18 heavy (non-hydrogen) atoms. The lowest BCUT2D eigenvalue weighted by atomic mass is 9.86. The minimum Gasteiger partial charge on any atom is -0.364 e. The van der Waals surface area contributed by atoms with Gasteiger partial charge in [-0.15, -0.1) is 0 Å². The number of pyridine rings is 1. The SMILES string of the molecule is CCCC1(N)CN(C(=O)c2c[nH]c(C)cc2=O)C1. The van der Waals surface area contributed by atoms with E-state index in [0.29, 0.717) is 13.1 Å². The summed E-state index contributed by atoms with van der Waals surface area (Å²) in [6.45, 7) is 4.93. The first kappa shape index (κ1) is 12.8. The van der Waals surface area contributed by atoms with Crippen LogP contribution in [0.3, 0.4) is 0 Å². The zero-order chi connectivity index (χ0) is 13.3. The van der Waals surface area contributed by atoms with Gasteiger partial charge in [0.1, 0.15) is 5.56 Å². The first-order valence-corrected chi connectivity index (χ1v) is 6.23. The molecule has 2 rings (SSSR count). The van der Waals surface area contributed by atoms with Crippen LogP contribution in [0.25, 0.3) is 0 Å². The molecular weight excluding hydrogens is 230 g/mol. The van der Waals surface area contributed by atoms with E-state index in [1.807, 2.05) is 0 Å². The Morgan fingerprint density at radius 3 is 2.78 bits per heavy atom. The first-order chi connectivity index (χ1) is 8.45. The van der Waals surface area contributed by atoms with E-state index in [0.717, 1.165) is 18.5 Å². The number of carbonyl (C=O) groups excluding carboxylic acids is 1. The average Bonchev–Trinajstić information content (AvgIpc) is 2.25. The number of rotatable bonds is 3. The molecule has 0 spiro atoms. The maximum absolute atomic E-state index is 12.1. The number of nitrogens with zero attached hydrogens (tertiary/aromatic N) is 1. The van der Waals surface area contributed by atoms with Crippen molar-refractivity contribution in [3.63, 3.8) is 0 Å². The van der Waals surface area contributed by atoms with E-state index in [2.05, 4.69) is 11.9 Å². The van der Waals surface area contributed by atoms with Crippen LogP contribution in [-0.2, 0) is 0 Å². The van der Waals surface area contributed by atoms with Crippen LogP contribution in [0.5, 0.6) is 0 Å². The third kappa shape index (κ3) is 2.31. The topological polar surface area (TPSA) is 79.2 Å². The number of likely N-dealkylation sites (tertiary alicyclic amines) is 1. The summed E-state index contributed by atoms with van der Waals surface area (Å²) in [5, 5.41) is 0. The van der Waals surface area contributed by atoms with E-state index >= 15 is 0 Å². The quantitative estimate of drug-likeness (QED) is 0.825. The highest BCUT2D eigenvalue weighted by atomic mass is 16.2. The zero-order valence-corrected chi connectivity index (χ0v) is 10.8. The van der Waals surface area contributed by atoms with E-state index in [-0.39, 0.29) is 22.4 Å². The van der Waals surface area contributed by atoms with E-state index in [1.165, 1.54) is 12.3 Å². The van der Waals surface area contributed by atoms with Gasteiger partial charge in [-0.1, -0.05) is 13.3 Å². The molecule has 0 bridgehead atoms. The van der Waals surface area contributed by atoms with Gasteiger partial charge in [0.25, 0.3) is 5.91 Å². The number of aryl methyl sites for hydroxylation is 1. The predicted molar refractivity (Wildman–Crippen MR) is 69.5 cm³/mol. The molecule has 98 valence electrons. The molecule has 5 heteroatoms. The molecule has 1 aliphatic heterocycles. The van der Waals surface area contributed by atoms with Crippen molar-refractivity contribution in [1.82, 2.24) is 9.88 Å². The van der Waals surface area contributed by atoms with E-state index in [9.17, 15) is 9.59 Å². The lowest BCUT2D eigenvalue weighted by molar-refractivity contribution is 0.0385. The fourth-order valence-electron chi connectivity index (χ4n) is 2.42. The minimum atomic E-state index is -0.262. The van der Waals surface area contributed by atoms with Crippen molar-refractivity contribution in [2.24, 2.45) is 5.73 Å². The van der Waals surface area contributed by atoms with Gasteiger partial charge in [0, 0.05) is 31.0 Å². The Bertz CT molecular complexity index is 515. The fourth-order valence-corrected chi connectivity index (χ4v) is 2.42. The van der Waals surface area contributed by atoms with E-state index in [4.69, 9.17) is 5.73 Å². The van der Waals surface area contributed by atoms with Crippen molar-refractivity contribution in [2.45, 2.75) is 32.2 Å². The highest BCUT2D eigenvalue weighted by Crippen LogP contribution is 2.24. The Kier molecular flexibility index (Phi) is 3.26. The lowest BCUT2D eigenvalue weighted by Gasteiger charge is -2.47. The highest BCUT2D eigenvalue weighted by molar-refractivity contribution is 5.94. The van der Waals surface area contributed by atoms with Crippen molar-refractivity contribution >= 4 is 5.91 Å². The summed E-state index contributed by atoms with van der Waals surface area (Å²) in [6, 6.07) is 1.44. The van der Waals surface area contributed by atoms with Crippen LogP contribution >= 0.6 is 0 Å². The Morgan fingerprint density at radius 2 is 2.22 bits per heavy atom. The number of carbonyl (C=O) groups is 1. The van der Waals surface area contributed by atoms with Gasteiger partial charge in [0.2, 0.25) is 0 Å². The molecule has 2 heterocycles. The molecule has 1 aliphatic rings. The summed E-state index contributed by atoms with van der Waals surface area (Å²) in [5.41, 5.74) is 6.55. The smallest absolute Gasteiger partial charge is 0.259 e. The lowest BCUT2D eigenvalue weighted by Crippen LogP contribution is -2.68. The van der Waals surface area contributed by atoms with Crippen LogP contribution in [-0.4, -0.2) is 34.4 Å². The summed E-state index contributed by atoms with van der Waals surface area (Å²) in [5.74, 6) is -0.228. The zero-order valence-electron chi connectivity index (χ0n) is 10.8. The molecule has 0 atom stereocenters. The number of hydrogen-bond acceptors (Lipinski definition) is 3. The molecule has 0 unspecified atom stereocenters. The monoisotopic (exact) mass is 249 g/mol. The van der Waals surface area contributed by atoms with Crippen molar-refractivity contribution in [1.29, 1.82) is 0 Å².